The van der Waals surface area contributed by atoms with Crippen LogP contribution in [0.5, 0.6) is 0 Å². The lowest BCUT2D eigenvalue weighted by Crippen LogP contribution is -2.20. The van der Waals surface area contributed by atoms with Gasteiger partial charge in [-0.25, -0.2) is 0 Å². The number of fused-ring (bicyclic) bond motifs is 1. The van der Waals surface area contributed by atoms with Gasteiger partial charge in [0, 0.05) is 26.8 Å². The number of ether oxygens (including phenoxy) is 1. The first kappa shape index (κ1) is 6.62. The lowest BCUT2D eigenvalue weighted by atomic mass is 10.3. The van der Waals surface area contributed by atoms with E-state index in [0.717, 1.165) is 24.4 Å². The highest BCUT2D eigenvalue weighted by molar-refractivity contribution is 5.04. The van der Waals surface area contributed by atoms with Gasteiger partial charge in [0.05, 0.1) is 0 Å². The molecule has 2 aliphatic rings. The molecule has 0 bridgehead atoms. The Morgan fingerprint density at radius 2 is 2.00 bits per heavy atom. The third-order valence-corrected chi connectivity index (χ3v) is 2.91. The number of piperidine rings is 1. The van der Waals surface area contributed by atoms with Crippen LogP contribution in [-0.2, 0) is 4.74 Å². The van der Waals surface area contributed by atoms with Crippen LogP contribution in [0.3, 0.4) is 0 Å². The molecule has 1 saturated carbocycles. The van der Waals surface area contributed by atoms with Gasteiger partial charge < -0.3 is 9.64 Å². The average molecular weight is 141 g/mol. The maximum Gasteiger partial charge on any atom is 0.0496 e. The Morgan fingerprint density at radius 1 is 1.40 bits per heavy atom. The molecule has 0 spiro atoms. The molecule has 58 valence electrons. The summed E-state index contributed by atoms with van der Waals surface area (Å²) in [5.41, 5.74) is 0. The van der Waals surface area contributed by atoms with Crippen molar-refractivity contribution >= 4 is 0 Å². The summed E-state index contributed by atoms with van der Waals surface area (Å²) in [4.78, 5) is 2.42. The quantitative estimate of drug-likeness (QED) is 0.553. The number of hydrogen-bond donors (Lipinski definition) is 0. The van der Waals surface area contributed by atoms with E-state index in [1.54, 1.807) is 7.11 Å². The summed E-state index contributed by atoms with van der Waals surface area (Å²) in [5, 5.41) is 0. The Kier molecular flexibility index (Phi) is 1.46. The van der Waals surface area contributed by atoms with E-state index < -0.39 is 0 Å². The van der Waals surface area contributed by atoms with Gasteiger partial charge in [-0.3, -0.25) is 0 Å². The monoisotopic (exact) mass is 141 g/mol. The second-order valence-electron chi connectivity index (χ2n) is 3.67. The van der Waals surface area contributed by atoms with E-state index in [-0.39, 0.29) is 0 Å². The Labute approximate surface area is 62.2 Å². The molecule has 1 aliphatic heterocycles. The molecule has 1 heterocycles. The zero-order valence-corrected chi connectivity index (χ0v) is 6.71. The summed E-state index contributed by atoms with van der Waals surface area (Å²) in [6, 6.07) is 0. The van der Waals surface area contributed by atoms with Gasteiger partial charge in [-0.2, -0.15) is 0 Å². The lowest BCUT2D eigenvalue weighted by molar-refractivity contribution is 0.165. The van der Waals surface area contributed by atoms with Gasteiger partial charge in [0.1, 0.15) is 0 Å². The molecule has 1 saturated heterocycles. The van der Waals surface area contributed by atoms with Crippen molar-refractivity contribution in [2.24, 2.45) is 17.8 Å². The zero-order chi connectivity index (χ0) is 7.14. The average Bonchev–Trinajstić information content (AvgIpc) is 2.43. The Bertz CT molecular complexity index is 118. The molecule has 2 nitrogen and oxygen atoms in total. The fourth-order valence-electron chi connectivity index (χ4n) is 2.30. The van der Waals surface area contributed by atoms with Crippen molar-refractivity contribution in [3.05, 3.63) is 0 Å². The predicted molar refractivity (Wildman–Crippen MR) is 39.8 cm³/mol. The van der Waals surface area contributed by atoms with E-state index in [2.05, 4.69) is 11.9 Å². The smallest absolute Gasteiger partial charge is 0.0496 e. The van der Waals surface area contributed by atoms with E-state index in [1.807, 2.05) is 0 Å². The standard InChI is InChI=1S/C8H15NO/c1-9-3-6-7(4-9)8(6)5-10-2/h6-8H,3-5H2,1-2H3. The van der Waals surface area contributed by atoms with Gasteiger partial charge in [-0.15, -0.1) is 0 Å². The molecule has 0 aromatic heterocycles. The fraction of sp³-hybridized carbons (Fsp3) is 1.00. The third-order valence-electron chi connectivity index (χ3n) is 2.91. The summed E-state index contributed by atoms with van der Waals surface area (Å²) >= 11 is 0. The molecule has 1 aliphatic carbocycles. The number of nitrogens with zero attached hydrogens (tertiary/aromatic N) is 1. The molecular weight excluding hydrogens is 126 g/mol. The van der Waals surface area contributed by atoms with Crippen molar-refractivity contribution in [1.29, 1.82) is 0 Å². The Balaban J connectivity index is 1.81. The van der Waals surface area contributed by atoms with Gasteiger partial charge in [-0.1, -0.05) is 0 Å². The topological polar surface area (TPSA) is 12.5 Å². The van der Waals surface area contributed by atoms with Gasteiger partial charge >= 0.3 is 0 Å². The first-order valence-corrected chi connectivity index (χ1v) is 4.00. The van der Waals surface area contributed by atoms with Gasteiger partial charge in [0.2, 0.25) is 0 Å². The fourth-order valence-corrected chi connectivity index (χ4v) is 2.30. The van der Waals surface area contributed by atoms with E-state index in [4.69, 9.17) is 4.74 Å². The van der Waals surface area contributed by atoms with Crippen LogP contribution in [0.1, 0.15) is 0 Å². The number of rotatable bonds is 2. The number of likely N-dealkylation sites (tertiary alicyclic amines) is 1. The highest BCUT2D eigenvalue weighted by Gasteiger charge is 2.54. The maximum atomic E-state index is 5.12. The predicted octanol–water partition coefficient (Wildman–Crippen LogP) is 0.440. The van der Waals surface area contributed by atoms with Gasteiger partial charge in [0.15, 0.2) is 0 Å². The molecule has 0 radical (unpaired) electrons. The highest BCUT2D eigenvalue weighted by Crippen LogP contribution is 2.51. The lowest BCUT2D eigenvalue weighted by Gasteiger charge is -2.11. The van der Waals surface area contributed by atoms with E-state index in [0.29, 0.717) is 0 Å². The van der Waals surface area contributed by atoms with Crippen molar-refractivity contribution in [1.82, 2.24) is 4.90 Å². The van der Waals surface area contributed by atoms with E-state index >= 15 is 0 Å². The van der Waals surface area contributed by atoms with Crippen LogP contribution in [-0.4, -0.2) is 38.8 Å². The van der Waals surface area contributed by atoms with Crippen LogP contribution in [0.4, 0.5) is 0 Å². The number of methoxy groups -OCH3 is 1. The molecule has 0 aromatic rings. The van der Waals surface area contributed by atoms with Crippen LogP contribution < -0.4 is 0 Å². The largest absolute Gasteiger partial charge is 0.384 e. The van der Waals surface area contributed by atoms with Crippen molar-refractivity contribution in [3.8, 4) is 0 Å². The SMILES string of the molecule is COCC1C2CN(C)CC12. The van der Waals surface area contributed by atoms with Crippen LogP contribution in [0.25, 0.3) is 0 Å². The van der Waals surface area contributed by atoms with Gasteiger partial charge in [0.25, 0.3) is 0 Å². The normalized spacial score (nSPS) is 45.6. The summed E-state index contributed by atoms with van der Waals surface area (Å²) in [6.07, 6.45) is 0. The van der Waals surface area contributed by atoms with E-state index in [1.165, 1.54) is 13.1 Å². The minimum Gasteiger partial charge on any atom is -0.384 e. The second kappa shape index (κ2) is 2.21. The summed E-state index contributed by atoms with van der Waals surface area (Å²) in [6.45, 7) is 3.60. The Hall–Kier alpha value is -0.0800. The molecule has 0 aromatic carbocycles. The van der Waals surface area contributed by atoms with Gasteiger partial charge in [-0.05, 0) is 24.8 Å². The first-order chi connectivity index (χ1) is 4.83. The third kappa shape index (κ3) is 0.867. The first-order valence-electron chi connectivity index (χ1n) is 4.00. The molecule has 2 heteroatoms. The molecule has 10 heavy (non-hydrogen) atoms. The minimum absolute atomic E-state index is 0.904. The van der Waals surface area contributed by atoms with Crippen molar-refractivity contribution in [2.45, 2.75) is 0 Å². The molecule has 0 N–H and O–H groups in total. The molecule has 2 atom stereocenters. The van der Waals surface area contributed by atoms with Crippen molar-refractivity contribution < 1.29 is 4.74 Å². The Morgan fingerprint density at radius 3 is 2.50 bits per heavy atom. The maximum absolute atomic E-state index is 5.12. The van der Waals surface area contributed by atoms with Crippen molar-refractivity contribution in [2.75, 3.05) is 33.9 Å². The minimum atomic E-state index is 0.904. The summed E-state index contributed by atoms with van der Waals surface area (Å²) in [5.74, 6) is 2.86. The molecule has 2 fully saturated rings. The second-order valence-corrected chi connectivity index (χ2v) is 3.67. The van der Waals surface area contributed by atoms with Crippen LogP contribution in [0.15, 0.2) is 0 Å². The summed E-state index contributed by atoms with van der Waals surface area (Å²) < 4.78 is 5.12. The highest BCUT2D eigenvalue weighted by atomic mass is 16.5. The summed E-state index contributed by atoms with van der Waals surface area (Å²) in [7, 11) is 4.01. The number of hydrogen-bond acceptors (Lipinski definition) is 2. The molecule has 2 rings (SSSR count). The molecule has 0 amide bonds. The van der Waals surface area contributed by atoms with Crippen LogP contribution in [0.2, 0.25) is 0 Å². The molecule has 2 unspecified atom stereocenters. The van der Waals surface area contributed by atoms with E-state index in [9.17, 15) is 0 Å². The van der Waals surface area contributed by atoms with Crippen molar-refractivity contribution in [3.63, 3.8) is 0 Å². The zero-order valence-electron chi connectivity index (χ0n) is 6.71. The molecular formula is C8H15NO. The van der Waals surface area contributed by atoms with Crippen LogP contribution >= 0.6 is 0 Å². The van der Waals surface area contributed by atoms with Crippen LogP contribution in [0, 0.1) is 17.8 Å².